The van der Waals surface area contributed by atoms with Crippen molar-refractivity contribution in [3.8, 4) is 11.5 Å². The molecule has 1 fully saturated rings. The average molecular weight is 436 g/mol. The minimum Gasteiger partial charge on any atom is -0.507 e. The molecule has 1 saturated heterocycles. The Labute approximate surface area is 185 Å². The van der Waals surface area contributed by atoms with E-state index in [4.69, 9.17) is 4.74 Å². The van der Waals surface area contributed by atoms with Gasteiger partial charge in [-0.25, -0.2) is 9.37 Å². The molecule has 1 aliphatic heterocycles. The molecule has 1 atom stereocenters. The molecule has 0 spiro atoms. The van der Waals surface area contributed by atoms with Crippen LogP contribution in [0.15, 0.2) is 60.8 Å². The van der Waals surface area contributed by atoms with E-state index in [1.54, 1.807) is 31.4 Å². The second-order valence-corrected chi connectivity index (χ2v) is 7.68. The maximum absolute atomic E-state index is 13.3. The largest absolute Gasteiger partial charge is 0.507 e. The smallest absolute Gasteiger partial charge is 0.257 e. The second kappa shape index (κ2) is 9.65. The van der Waals surface area contributed by atoms with Crippen LogP contribution in [0, 0.1) is 5.82 Å². The molecule has 0 aliphatic carbocycles. The van der Waals surface area contributed by atoms with Crippen LogP contribution in [0.4, 0.5) is 15.9 Å². The van der Waals surface area contributed by atoms with Gasteiger partial charge in [0.05, 0.1) is 12.7 Å². The van der Waals surface area contributed by atoms with E-state index >= 15 is 0 Å². The SMILES string of the molecule is COc1ccc(CN[C@H]2CCN(c3ccc(C(=O)Nc4cccc(F)c4)cn3)C2)c(O)c1. The number of hydrogen-bond donors (Lipinski definition) is 3. The number of ether oxygens (including phenoxy) is 1. The number of nitrogens with zero attached hydrogens (tertiary/aromatic N) is 2. The lowest BCUT2D eigenvalue weighted by atomic mass is 10.1. The Balaban J connectivity index is 1.31. The van der Waals surface area contributed by atoms with Gasteiger partial charge in [-0.15, -0.1) is 0 Å². The maximum Gasteiger partial charge on any atom is 0.257 e. The molecule has 0 unspecified atom stereocenters. The number of anilines is 2. The molecule has 3 aromatic rings. The fraction of sp³-hybridized carbons (Fsp3) is 0.250. The van der Waals surface area contributed by atoms with E-state index in [1.165, 1.54) is 18.3 Å². The number of methoxy groups -OCH3 is 1. The first-order valence-corrected chi connectivity index (χ1v) is 10.4. The van der Waals surface area contributed by atoms with Crippen molar-refractivity contribution in [1.29, 1.82) is 0 Å². The van der Waals surface area contributed by atoms with Crippen LogP contribution < -0.4 is 20.3 Å². The third-order valence-electron chi connectivity index (χ3n) is 5.48. The van der Waals surface area contributed by atoms with Gasteiger partial charge < -0.3 is 25.4 Å². The van der Waals surface area contributed by atoms with E-state index in [-0.39, 0.29) is 17.7 Å². The van der Waals surface area contributed by atoms with E-state index in [0.29, 0.717) is 23.5 Å². The summed E-state index contributed by atoms with van der Waals surface area (Å²) in [5.41, 5.74) is 1.62. The summed E-state index contributed by atoms with van der Waals surface area (Å²) in [4.78, 5) is 19.0. The van der Waals surface area contributed by atoms with Crippen molar-refractivity contribution in [3.05, 3.63) is 77.7 Å². The second-order valence-electron chi connectivity index (χ2n) is 7.68. The third-order valence-corrected chi connectivity index (χ3v) is 5.48. The summed E-state index contributed by atoms with van der Waals surface area (Å²) in [7, 11) is 1.57. The van der Waals surface area contributed by atoms with Crippen LogP contribution >= 0.6 is 0 Å². The molecule has 2 heterocycles. The number of hydrogen-bond acceptors (Lipinski definition) is 6. The number of aromatic nitrogens is 1. The zero-order valence-corrected chi connectivity index (χ0v) is 17.7. The van der Waals surface area contributed by atoms with Gasteiger partial charge in [0.2, 0.25) is 0 Å². The molecule has 0 saturated carbocycles. The summed E-state index contributed by atoms with van der Waals surface area (Å²) in [6.07, 6.45) is 2.47. The average Bonchev–Trinajstić information content (AvgIpc) is 3.27. The van der Waals surface area contributed by atoms with Crippen LogP contribution in [0.25, 0.3) is 0 Å². The number of aromatic hydroxyl groups is 1. The van der Waals surface area contributed by atoms with Crippen LogP contribution in [0.5, 0.6) is 11.5 Å². The van der Waals surface area contributed by atoms with Gasteiger partial charge in [0, 0.05) is 49.2 Å². The first-order valence-electron chi connectivity index (χ1n) is 10.4. The van der Waals surface area contributed by atoms with Gasteiger partial charge in [0.1, 0.15) is 23.1 Å². The molecule has 3 N–H and O–H groups in total. The highest BCUT2D eigenvalue weighted by atomic mass is 19.1. The Bertz CT molecular complexity index is 1090. The number of pyridine rings is 1. The van der Waals surface area contributed by atoms with Crippen LogP contribution in [0.3, 0.4) is 0 Å². The lowest BCUT2D eigenvalue weighted by Crippen LogP contribution is -2.32. The number of phenols is 1. The Morgan fingerprint density at radius 2 is 2.12 bits per heavy atom. The van der Waals surface area contributed by atoms with Gasteiger partial charge in [0.25, 0.3) is 5.91 Å². The van der Waals surface area contributed by atoms with Crippen molar-refractivity contribution in [1.82, 2.24) is 10.3 Å². The standard InChI is InChI=1S/C24H25FN4O3/c1-32-21-7-5-16(22(30)12-21)13-26-20-9-10-29(15-20)23-8-6-17(14-27-23)24(31)28-19-4-2-3-18(25)11-19/h2-8,11-12,14,20,26,30H,9-10,13,15H2,1H3,(H,28,31)/t20-/m0/s1. The molecule has 1 aliphatic rings. The number of amides is 1. The number of carbonyl (C=O) groups excluding carboxylic acids is 1. The number of benzene rings is 2. The molecular formula is C24H25FN4O3. The summed E-state index contributed by atoms with van der Waals surface area (Å²) in [5, 5.41) is 16.3. The fourth-order valence-electron chi connectivity index (χ4n) is 3.69. The summed E-state index contributed by atoms with van der Waals surface area (Å²) in [5.74, 6) is 0.882. The minimum absolute atomic E-state index is 0.209. The van der Waals surface area contributed by atoms with E-state index in [9.17, 15) is 14.3 Å². The highest BCUT2D eigenvalue weighted by Gasteiger charge is 2.23. The third kappa shape index (κ3) is 5.15. The zero-order chi connectivity index (χ0) is 22.5. The van der Waals surface area contributed by atoms with Crippen LogP contribution in [-0.2, 0) is 6.54 Å². The zero-order valence-electron chi connectivity index (χ0n) is 17.7. The Hall–Kier alpha value is -3.65. The topological polar surface area (TPSA) is 86.7 Å². The van der Waals surface area contributed by atoms with E-state index in [2.05, 4.69) is 20.5 Å². The molecule has 0 bridgehead atoms. The predicted octanol–water partition coefficient (Wildman–Crippen LogP) is 3.56. The number of phenolic OH excluding ortho intramolecular Hbond substituents is 1. The number of rotatable bonds is 7. The molecule has 8 heteroatoms. The predicted molar refractivity (Wildman–Crippen MR) is 121 cm³/mol. The monoisotopic (exact) mass is 436 g/mol. The lowest BCUT2D eigenvalue weighted by Gasteiger charge is -2.18. The molecule has 166 valence electrons. The highest BCUT2D eigenvalue weighted by molar-refractivity contribution is 6.04. The number of nitrogens with one attached hydrogen (secondary N) is 2. The molecule has 7 nitrogen and oxygen atoms in total. The van der Waals surface area contributed by atoms with E-state index in [1.807, 2.05) is 18.2 Å². The van der Waals surface area contributed by atoms with Crippen LogP contribution in [0.2, 0.25) is 0 Å². The molecule has 0 radical (unpaired) electrons. The van der Waals surface area contributed by atoms with Crippen molar-refractivity contribution < 1.29 is 19.0 Å². The van der Waals surface area contributed by atoms with Gasteiger partial charge in [0.15, 0.2) is 0 Å². The molecular weight excluding hydrogens is 411 g/mol. The summed E-state index contributed by atoms with van der Waals surface area (Å²) in [6, 6.07) is 14.8. The fourth-order valence-corrected chi connectivity index (χ4v) is 3.69. The molecule has 1 amide bonds. The van der Waals surface area contributed by atoms with Crippen molar-refractivity contribution in [2.24, 2.45) is 0 Å². The maximum atomic E-state index is 13.3. The van der Waals surface area contributed by atoms with Crippen LogP contribution in [-0.4, -0.2) is 42.2 Å². The van der Waals surface area contributed by atoms with Crippen molar-refractivity contribution >= 4 is 17.4 Å². The Morgan fingerprint density at radius 3 is 2.84 bits per heavy atom. The van der Waals surface area contributed by atoms with Gasteiger partial charge in [-0.2, -0.15) is 0 Å². The van der Waals surface area contributed by atoms with Gasteiger partial charge in [-0.3, -0.25) is 4.79 Å². The van der Waals surface area contributed by atoms with Crippen molar-refractivity contribution in [2.45, 2.75) is 19.0 Å². The number of halogens is 1. The molecule has 4 rings (SSSR count). The van der Waals surface area contributed by atoms with Gasteiger partial charge >= 0.3 is 0 Å². The van der Waals surface area contributed by atoms with E-state index in [0.717, 1.165) is 30.9 Å². The Kier molecular flexibility index (Phi) is 6.51. The summed E-state index contributed by atoms with van der Waals surface area (Å²) >= 11 is 0. The van der Waals surface area contributed by atoms with Crippen LogP contribution in [0.1, 0.15) is 22.3 Å². The minimum atomic E-state index is -0.407. The van der Waals surface area contributed by atoms with Crippen molar-refractivity contribution in [3.63, 3.8) is 0 Å². The molecule has 1 aromatic heterocycles. The highest BCUT2D eigenvalue weighted by Crippen LogP contribution is 2.24. The summed E-state index contributed by atoms with van der Waals surface area (Å²) in [6.45, 7) is 2.17. The Morgan fingerprint density at radius 1 is 1.25 bits per heavy atom. The molecule has 32 heavy (non-hydrogen) atoms. The molecule has 2 aromatic carbocycles. The van der Waals surface area contributed by atoms with Crippen molar-refractivity contribution in [2.75, 3.05) is 30.4 Å². The summed E-state index contributed by atoms with van der Waals surface area (Å²) < 4.78 is 18.4. The quantitative estimate of drug-likeness (QED) is 0.525. The first-order chi connectivity index (χ1) is 15.5. The lowest BCUT2D eigenvalue weighted by molar-refractivity contribution is 0.102. The van der Waals surface area contributed by atoms with Gasteiger partial charge in [-0.1, -0.05) is 12.1 Å². The van der Waals surface area contributed by atoms with E-state index < -0.39 is 5.82 Å². The number of carbonyl (C=O) groups is 1. The van der Waals surface area contributed by atoms with Gasteiger partial charge in [-0.05, 0) is 42.8 Å². The normalized spacial score (nSPS) is 15.6. The first kappa shape index (κ1) is 21.6.